The molecule has 1 aliphatic rings. The van der Waals surface area contributed by atoms with Crippen LogP contribution in [-0.2, 0) is 9.47 Å². The van der Waals surface area contributed by atoms with E-state index in [2.05, 4.69) is 26.8 Å². The number of piperazine rings is 1. The van der Waals surface area contributed by atoms with E-state index in [1.54, 1.807) is 23.1 Å². The lowest BCUT2D eigenvalue weighted by atomic mass is 10.1. The van der Waals surface area contributed by atoms with Crippen LogP contribution in [0.3, 0.4) is 0 Å². The van der Waals surface area contributed by atoms with Crippen molar-refractivity contribution < 1.29 is 23.5 Å². The fraction of sp³-hybridized carbons (Fsp3) is 0.281. The number of nitrogens with zero attached hydrogens (tertiary/aromatic N) is 5. The molecule has 1 saturated heterocycles. The van der Waals surface area contributed by atoms with Crippen molar-refractivity contribution in [2.75, 3.05) is 43.0 Å². The summed E-state index contributed by atoms with van der Waals surface area (Å²) in [4.78, 5) is 42.2. The van der Waals surface area contributed by atoms with Gasteiger partial charge in [-0.1, -0.05) is 18.7 Å². The summed E-state index contributed by atoms with van der Waals surface area (Å²) in [6, 6.07) is 14.2. The molecular weight excluding hydrogens is 619 g/mol. The highest BCUT2D eigenvalue weighted by atomic mass is 35.5. The Hall–Kier alpha value is -4.55. The molecule has 1 fully saturated rings. The molecule has 2 aromatic heterocycles. The van der Waals surface area contributed by atoms with Gasteiger partial charge in [-0.25, -0.2) is 28.9 Å². The molecular formula is C32H32ClFN6O4S. The predicted molar refractivity (Wildman–Crippen MR) is 174 cm³/mol. The molecule has 5 rings (SSSR count). The van der Waals surface area contributed by atoms with Crippen LogP contribution in [0, 0.1) is 5.82 Å². The van der Waals surface area contributed by atoms with E-state index in [0.29, 0.717) is 47.5 Å². The van der Waals surface area contributed by atoms with Gasteiger partial charge in [0.25, 0.3) is 0 Å². The van der Waals surface area contributed by atoms with Crippen LogP contribution in [0.2, 0.25) is 5.28 Å². The van der Waals surface area contributed by atoms with Gasteiger partial charge in [0, 0.05) is 49.2 Å². The smallest absolute Gasteiger partial charge is 0.412 e. The summed E-state index contributed by atoms with van der Waals surface area (Å²) >= 11 is 7.44. The molecule has 0 unspecified atom stereocenters. The molecule has 234 valence electrons. The zero-order valence-corrected chi connectivity index (χ0v) is 26.6. The summed E-state index contributed by atoms with van der Waals surface area (Å²) in [6.07, 6.45) is 1.83. The quantitative estimate of drug-likeness (QED) is 0.162. The third-order valence-corrected chi connectivity index (χ3v) is 8.03. The van der Waals surface area contributed by atoms with Gasteiger partial charge < -0.3 is 19.3 Å². The number of halogens is 2. The highest BCUT2D eigenvalue weighted by Crippen LogP contribution is 2.42. The van der Waals surface area contributed by atoms with Gasteiger partial charge in [0.1, 0.15) is 17.2 Å². The number of carbonyl (C=O) groups is 2. The Bertz CT molecular complexity index is 1700. The van der Waals surface area contributed by atoms with E-state index >= 15 is 4.39 Å². The number of aromatic nitrogens is 3. The molecule has 13 heteroatoms. The average Bonchev–Trinajstić information content (AvgIpc) is 3.46. The second-order valence-corrected chi connectivity index (χ2v) is 12.4. The van der Waals surface area contributed by atoms with E-state index in [-0.39, 0.29) is 29.2 Å². The van der Waals surface area contributed by atoms with Crippen LogP contribution in [0.4, 0.5) is 25.4 Å². The number of thiazole rings is 1. The van der Waals surface area contributed by atoms with Crippen molar-refractivity contribution in [1.29, 1.82) is 0 Å². The van der Waals surface area contributed by atoms with E-state index < -0.39 is 17.5 Å². The fourth-order valence-electron chi connectivity index (χ4n) is 4.64. The van der Waals surface area contributed by atoms with Gasteiger partial charge in [0.15, 0.2) is 5.82 Å². The lowest BCUT2D eigenvalue weighted by molar-refractivity contribution is 0.0240. The number of nitrogens with one attached hydrogen (secondary N) is 1. The SMILES string of the molecule is C=CCOC(=O)Nc1cccc(-c2nc(-c3ccc(N4CCN(C(=O)OC(C)(C)C)CC4)cc3)sc2-c2ccnc(Cl)n2)c1F. The minimum absolute atomic E-state index is 0.0116. The van der Waals surface area contributed by atoms with E-state index in [4.69, 9.17) is 26.1 Å². The Morgan fingerprint density at radius 3 is 2.49 bits per heavy atom. The second kappa shape index (κ2) is 13.6. The van der Waals surface area contributed by atoms with Crippen LogP contribution < -0.4 is 10.2 Å². The molecule has 10 nitrogen and oxygen atoms in total. The molecule has 3 heterocycles. The molecule has 0 bridgehead atoms. The monoisotopic (exact) mass is 650 g/mol. The van der Waals surface area contributed by atoms with Gasteiger partial charge in [-0.2, -0.15) is 0 Å². The van der Waals surface area contributed by atoms with Crippen molar-refractivity contribution in [2.24, 2.45) is 0 Å². The van der Waals surface area contributed by atoms with Crippen LogP contribution in [0.25, 0.3) is 32.4 Å². The van der Waals surface area contributed by atoms with Gasteiger partial charge in [0.05, 0.1) is 22.0 Å². The summed E-state index contributed by atoms with van der Waals surface area (Å²) in [5, 5.41) is 3.11. The average molecular weight is 651 g/mol. The minimum atomic E-state index is -0.806. The predicted octanol–water partition coefficient (Wildman–Crippen LogP) is 7.52. The first-order valence-electron chi connectivity index (χ1n) is 14.2. The van der Waals surface area contributed by atoms with Crippen molar-refractivity contribution in [3.05, 3.63) is 78.5 Å². The molecule has 2 amide bonds. The van der Waals surface area contributed by atoms with Crippen molar-refractivity contribution in [1.82, 2.24) is 19.9 Å². The summed E-state index contributed by atoms with van der Waals surface area (Å²) in [5.74, 6) is -0.674. The number of benzene rings is 2. The van der Waals surface area contributed by atoms with Gasteiger partial charge in [0.2, 0.25) is 5.28 Å². The first-order chi connectivity index (χ1) is 21.5. The van der Waals surface area contributed by atoms with Crippen molar-refractivity contribution >= 4 is 46.5 Å². The zero-order chi connectivity index (χ0) is 32.1. The lowest BCUT2D eigenvalue weighted by Crippen LogP contribution is -2.50. The number of hydrogen-bond donors (Lipinski definition) is 1. The molecule has 0 saturated carbocycles. The third-order valence-electron chi connectivity index (χ3n) is 6.72. The zero-order valence-electron chi connectivity index (χ0n) is 25.0. The molecule has 1 N–H and O–H groups in total. The minimum Gasteiger partial charge on any atom is -0.445 e. The highest BCUT2D eigenvalue weighted by molar-refractivity contribution is 7.18. The third kappa shape index (κ3) is 7.76. The standard InChI is InChI=1S/C32H32ClFN6O4S/c1-5-19-43-30(41)37-23-8-6-7-22(25(23)34)26-27(24-13-14-35-29(33)36-24)45-28(38-26)20-9-11-21(12-10-20)39-15-17-40(18-16-39)31(42)44-32(2,3)4/h5-14H,1,15-19H2,2-4H3,(H,37,41). The van der Waals surface area contributed by atoms with Gasteiger partial charge in [-0.15, -0.1) is 11.3 Å². The van der Waals surface area contributed by atoms with E-state index in [0.717, 1.165) is 11.3 Å². The van der Waals surface area contributed by atoms with Gasteiger partial charge in [-0.3, -0.25) is 5.32 Å². The van der Waals surface area contributed by atoms with Crippen LogP contribution in [-0.4, -0.2) is 70.4 Å². The van der Waals surface area contributed by atoms with Crippen molar-refractivity contribution in [3.8, 4) is 32.4 Å². The molecule has 0 spiro atoms. The molecule has 45 heavy (non-hydrogen) atoms. The summed E-state index contributed by atoms with van der Waals surface area (Å²) in [6.45, 7) is 11.5. The van der Waals surface area contributed by atoms with E-state index in [9.17, 15) is 9.59 Å². The van der Waals surface area contributed by atoms with E-state index in [1.165, 1.54) is 29.7 Å². The van der Waals surface area contributed by atoms with Crippen molar-refractivity contribution in [3.63, 3.8) is 0 Å². The van der Waals surface area contributed by atoms with Gasteiger partial charge >= 0.3 is 12.2 Å². The summed E-state index contributed by atoms with van der Waals surface area (Å²) < 4.78 is 26.3. The lowest BCUT2D eigenvalue weighted by Gasteiger charge is -2.36. The Kier molecular flexibility index (Phi) is 9.64. The topological polar surface area (TPSA) is 110 Å². The van der Waals surface area contributed by atoms with Crippen molar-refractivity contribution in [2.45, 2.75) is 26.4 Å². The van der Waals surface area contributed by atoms with Crippen LogP contribution >= 0.6 is 22.9 Å². The number of anilines is 2. The maximum absolute atomic E-state index is 15.8. The second-order valence-electron chi connectivity index (χ2n) is 11.1. The molecule has 0 aliphatic carbocycles. The molecule has 2 aromatic carbocycles. The maximum Gasteiger partial charge on any atom is 0.412 e. The highest BCUT2D eigenvalue weighted by Gasteiger charge is 2.26. The number of ether oxygens (including phenoxy) is 2. The van der Waals surface area contributed by atoms with Crippen LogP contribution in [0.5, 0.6) is 0 Å². The largest absolute Gasteiger partial charge is 0.445 e. The maximum atomic E-state index is 15.8. The summed E-state index contributed by atoms with van der Waals surface area (Å²) in [5.41, 5.74) is 2.23. The Labute approximate surface area is 269 Å². The van der Waals surface area contributed by atoms with Crippen LogP contribution in [0.1, 0.15) is 20.8 Å². The number of hydrogen-bond acceptors (Lipinski definition) is 9. The normalized spacial score (nSPS) is 13.4. The molecule has 0 radical (unpaired) electrons. The van der Waals surface area contributed by atoms with E-state index in [1.807, 2.05) is 45.0 Å². The Morgan fingerprint density at radius 1 is 1.09 bits per heavy atom. The first kappa shape index (κ1) is 31.9. The number of rotatable bonds is 7. The molecule has 1 aliphatic heterocycles. The first-order valence-corrected chi connectivity index (χ1v) is 15.4. The molecule has 4 aromatic rings. The Balaban J connectivity index is 1.41. The van der Waals surface area contributed by atoms with Gasteiger partial charge in [-0.05, 0) is 74.8 Å². The fourth-order valence-corrected chi connectivity index (χ4v) is 5.84. The Morgan fingerprint density at radius 2 is 1.82 bits per heavy atom. The summed E-state index contributed by atoms with van der Waals surface area (Å²) in [7, 11) is 0. The number of amides is 2. The number of carbonyl (C=O) groups excluding carboxylic acids is 2. The van der Waals surface area contributed by atoms with Crippen LogP contribution in [0.15, 0.2) is 67.4 Å². The molecule has 0 atom stereocenters.